The molecule has 0 amide bonds. The Morgan fingerprint density at radius 2 is 1.93 bits per heavy atom. The molecule has 0 bridgehead atoms. The summed E-state index contributed by atoms with van der Waals surface area (Å²) in [5, 5.41) is 22.0. The molecule has 150 valence electrons. The van der Waals surface area contributed by atoms with Crippen molar-refractivity contribution in [2.45, 2.75) is 23.5 Å². The summed E-state index contributed by atoms with van der Waals surface area (Å²) in [4.78, 5) is 4.49. The van der Waals surface area contributed by atoms with Gasteiger partial charge in [0.2, 0.25) is 0 Å². The highest BCUT2D eigenvalue weighted by molar-refractivity contribution is 6.30. The fraction of sp³-hybridized carbons (Fsp3) is 0.250. The van der Waals surface area contributed by atoms with Crippen molar-refractivity contribution in [2.75, 3.05) is 6.54 Å². The fourth-order valence-corrected chi connectivity index (χ4v) is 5.41. The number of ether oxygens (including phenoxy) is 1. The van der Waals surface area contributed by atoms with Gasteiger partial charge >= 0.3 is 0 Å². The van der Waals surface area contributed by atoms with Gasteiger partial charge in [0.25, 0.3) is 0 Å². The van der Waals surface area contributed by atoms with Crippen LogP contribution in [0.4, 0.5) is 0 Å². The molecular weight excluding hydrogens is 398 g/mol. The Morgan fingerprint density at radius 3 is 2.60 bits per heavy atom. The maximum atomic E-state index is 12.3. The first-order valence-corrected chi connectivity index (χ1v) is 10.3. The lowest BCUT2D eigenvalue weighted by Crippen LogP contribution is -2.51. The van der Waals surface area contributed by atoms with Crippen molar-refractivity contribution in [3.05, 3.63) is 94.3 Å². The molecule has 5 rings (SSSR count). The number of benzene rings is 2. The number of nitrogens with zero attached hydrogens (tertiary/aromatic N) is 2. The Labute approximate surface area is 179 Å². The van der Waals surface area contributed by atoms with E-state index >= 15 is 0 Å². The summed E-state index contributed by atoms with van der Waals surface area (Å²) in [6.45, 7) is 0.283. The van der Waals surface area contributed by atoms with Gasteiger partial charge in [-0.3, -0.25) is 4.98 Å². The van der Waals surface area contributed by atoms with Crippen molar-refractivity contribution in [2.24, 2.45) is 11.7 Å². The molecule has 2 aromatic carbocycles. The van der Waals surface area contributed by atoms with Crippen LogP contribution in [0.2, 0.25) is 5.02 Å². The second kappa shape index (κ2) is 6.82. The van der Waals surface area contributed by atoms with Gasteiger partial charge in [-0.15, -0.1) is 0 Å². The molecule has 0 unspecified atom stereocenters. The first kappa shape index (κ1) is 19.1. The van der Waals surface area contributed by atoms with E-state index in [0.717, 1.165) is 11.1 Å². The SMILES string of the molecule is N#Cc1ccc([C@@]23Oc4cc(Cl)cnc4[C@]2(O)[C@@H](CN)C[C@H]3c2ccccc2)cc1. The Kier molecular flexibility index (Phi) is 4.33. The van der Waals surface area contributed by atoms with Crippen LogP contribution in [0.15, 0.2) is 66.9 Å². The first-order valence-electron chi connectivity index (χ1n) is 9.87. The van der Waals surface area contributed by atoms with Gasteiger partial charge in [0.05, 0.1) is 16.7 Å². The fourth-order valence-electron chi connectivity index (χ4n) is 5.26. The molecule has 1 fully saturated rings. The van der Waals surface area contributed by atoms with E-state index in [-0.39, 0.29) is 18.4 Å². The Bertz CT molecular complexity index is 1150. The van der Waals surface area contributed by atoms with Gasteiger partial charge in [0, 0.05) is 24.1 Å². The van der Waals surface area contributed by atoms with Crippen LogP contribution in [0.5, 0.6) is 5.75 Å². The highest BCUT2D eigenvalue weighted by Crippen LogP contribution is 2.68. The lowest BCUT2D eigenvalue weighted by atomic mass is 9.71. The maximum Gasteiger partial charge on any atom is 0.175 e. The number of pyridine rings is 1. The molecule has 5 nitrogen and oxygen atoms in total. The van der Waals surface area contributed by atoms with Gasteiger partial charge in [-0.2, -0.15) is 5.26 Å². The maximum absolute atomic E-state index is 12.3. The summed E-state index contributed by atoms with van der Waals surface area (Å²) in [5.41, 5.74) is 6.44. The highest BCUT2D eigenvalue weighted by Gasteiger charge is 2.72. The number of rotatable bonds is 3. The van der Waals surface area contributed by atoms with Crippen molar-refractivity contribution < 1.29 is 9.84 Å². The van der Waals surface area contributed by atoms with E-state index in [1.807, 2.05) is 42.5 Å². The molecular formula is C24H20ClN3O2. The van der Waals surface area contributed by atoms with E-state index in [0.29, 0.717) is 28.5 Å². The zero-order valence-corrected chi connectivity index (χ0v) is 16.9. The predicted molar refractivity (Wildman–Crippen MR) is 113 cm³/mol. The second-order valence-electron chi connectivity index (χ2n) is 7.93. The van der Waals surface area contributed by atoms with Gasteiger partial charge in [-0.1, -0.05) is 54.1 Å². The van der Waals surface area contributed by atoms with Crippen molar-refractivity contribution in [3.63, 3.8) is 0 Å². The quantitative estimate of drug-likeness (QED) is 0.675. The van der Waals surface area contributed by atoms with E-state index in [9.17, 15) is 10.4 Å². The number of aliphatic hydroxyl groups is 1. The van der Waals surface area contributed by atoms with Crippen molar-refractivity contribution in [3.8, 4) is 11.8 Å². The average Bonchev–Trinajstić information content (AvgIpc) is 3.18. The lowest BCUT2D eigenvalue weighted by Gasteiger charge is -2.41. The van der Waals surface area contributed by atoms with Crippen LogP contribution in [0.25, 0.3) is 0 Å². The molecule has 4 atom stereocenters. The minimum Gasteiger partial charge on any atom is -0.476 e. The molecule has 1 aliphatic carbocycles. The summed E-state index contributed by atoms with van der Waals surface area (Å²) in [7, 11) is 0. The zero-order chi connectivity index (χ0) is 20.9. The molecule has 0 saturated heterocycles. The van der Waals surface area contributed by atoms with Crippen LogP contribution >= 0.6 is 11.6 Å². The number of nitrogens with two attached hydrogens (primary N) is 1. The third-order valence-electron chi connectivity index (χ3n) is 6.55. The Morgan fingerprint density at radius 1 is 1.20 bits per heavy atom. The summed E-state index contributed by atoms with van der Waals surface area (Å²) in [6.07, 6.45) is 2.17. The molecule has 3 N–H and O–H groups in total. The predicted octanol–water partition coefficient (Wildman–Crippen LogP) is 3.84. The van der Waals surface area contributed by atoms with E-state index in [2.05, 4.69) is 11.1 Å². The number of halogens is 1. The van der Waals surface area contributed by atoms with E-state index in [1.54, 1.807) is 18.2 Å². The van der Waals surface area contributed by atoms with Crippen LogP contribution in [0.3, 0.4) is 0 Å². The molecule has 6 heteroatoms. The molecule has 1 aromatic heterocycles. The Balaban J connectivity index is 1.80. The standard InChI is InChI=1S/C24H20ClN3O2/c25-19-11-21-22(28-14-19)23(29)18(13-27)10-20(16-4-2-1-3-5-16)24(23,30-21)17-8-6-15(12-26)7-9-17/h1-9,11,14,18,20,29H,10,13,27H2/t18-,20+,23-,24+/m1/s1. The molecule has 1 saturated carbocycles. The summed E-state index contributed by atoms with van der Waals surface area (Å²) < 4.78 is 6.63. The number of hydrogen-bond acceptors (Lipinski definition) is 5. The number of nitriles is 1. The van der Waals surface area contributed by atoms with Gasteiger partial charge in [-0.05, 0) is 36.2 Å². The Hall–Kier alpha value is -2.91. The minimum atomic E-state index is -1.43. The second-order valence-corrected chi connectivity index (χ2v) is 8.36. The van der Waals surface area contributed by atoms with Crippen molar-refractivity contribution in [1.29, 1.82) is 5.26 Å². The largest absolute Gasteiger partial charge is 0.476 e. The van der Waals surface area contributed by atoms with Gasteiger partial charge in [-0.25, -0.2) is 0 Å². The molecule has 30 heavy (non-hydrogen) atoms. The number of aromatic nitrogens is 1. The van der Waals surface area contributed by atoms with E-state index < -0.39 is 11.2 Å². The van der Waals surface area contributed by atoms with E-state index in [4.69, 9.17) is 22.1 Å². The molecule has 3 aromatic rings. The van der Waals surface area contributed by atoms with Gasteiger partial charge in [0.1, 0.15) is 11.4 Å². The van der Waals surface area contributed by atoms with Crippen LogP contribution in [-0.2, 0) is 11.2 Å². The smallest absolute Gasteiger partial charge is 0.175 e. The third kappa shape index (κ3) is 2.39. The number of hydrogen-bond donors (Lipinski definition) is 2. The van der Waals surface area contributed by atoms with Crippen LogP contribution in [0, 0.1) is 17.2 Å². The lowest BCUT2D eigenvalue weighted by molar-refractivity contribution is -0.127. The molecule has 1 aliphatic heterocycles. The molecule has 2 heterocycles. The summed E-state index contributed by atoms with van der Waals surface area (Å²) in [5.74, 6) is 0.0277. The third-order valence-corrected chi connectivity index (χ3v) is 6.76. The molecule has 0 spiro atoms. The minimum absolute atomic E-state index is 0.168. The van der Waals surface area contributed by atoms with Crippen LogP contribution in [0.1, 0.15) is 34.7 Å². The molecule has 2 aliphatic rings. The average molecular weight is 418 g/mol. The van der Waals surface area contributed by atoms with E-state index in [1.165, 1.54) is 6.20 Å². The van der Waals surface area contributed by atoms with Crippen LogP contribution in [-0.4, -0.2) is 16.6 Å². The van der Waals surface area contributed by atoms with Crippen molar-refractivity contribution in [1.82, 2.24) is 4.98 Å². The normalized spacial score (nSPS) is 29.0. The van der Waals surface area contributed by atoms with Gasteiger partial charge < -0.3 is 15.6 Å². The first-order chi connectivity index (χ1) is 14.5. The summed E-state index contributed by atoms with van der Waals surface area (Å²) in [6, 6.07) is 21.0. The van der Waals surface area contributed by atoms with Gasteiger partial charge in [0.15, 0.2) is 11.2 Å². The highest BCUT2D eigenvalue weighted by atomic mass is 35.5. The van der Waals surface area contributed by atoms with Crippen LogP contribution < -0.4 is 10.5 Å². The monoisotopic (exact) mass is 417 g/mol. The molecule has 0 radical (unpaired) electrons. The number of fused-ring (bicyclic) bond motifs is 3. The zero-order valence-electron chi connectivity index (χ0n) is 16.1. The topological polar surface area (TPSA) is 92.2 Å². The van der Waals surface area contributed by atoms with Crippen molar-refractivity contribution >= 4 is 11.6 Å². The summed E-state index contributed by atoms with van der Waals surface area (Å²) >= 11 is 6.20.